The van der Waals surface area contributed by atoms with E-state index in [0.29, 0.717) is 13.2 Å². The Morgan fingerprint density at radius 3 is 2.39 bits per heavy atom. The monoisotopic (exact) mass is 374 g/mol. The Hall–Kier alpha value is -2.69. The minimum atomic E-state index is 0.171. The van der Waals surface area contributed by atoms with Crippen molar-refractivity contribution in [3.8, 4) is 5.75 Å². The molecular formula is C24H26N2O2. The number of piperazine rings is 1. The number of rotatable bonds is 6. The molecule has 1 aliphatic rings. The van der Waals surface area contributed by atoms with Crippen LogP contribution < -0.4 is 4.74 Å². The summed E-state index contributed by atoms with van der Waals surface area (Å²) in [6.45, 7) is 4.95. The Bertz CT molecular complexity index is 939. The molecule has 4 heteroatoms. The second-order valence-electron chi connectivity index (χ2n) is 7.45. The Morgan fingerprint density at radius 2 is 1.61 bits per heavy atom. The second kappa shape index (κ2) is 8.55. The minimum Gasteiger partial charge on any atom is -0.489 e. The first-order chi connectivity index (χ1) is 13.7. The number of hydrogen-bond donors (Lipinski definition) is 0. The Labute approximate surface area is 166 Å². The predicted molar refractivity (Wildman–Crippen MR) is 113 cm³/mol. The van der Waals surface area contributed by atoms with E-state index in [2.05, 4.69) is 47.2 Å². The third-order valence-corrected chi connectivity index (χ3v) is 5.41. The molecule has 144 valence electrons. The third-order valence-electron chi connectivity index (χ3n) is 5.41. The largest absolute Gasteiger partial charge is 0.489 e. The average Bonchev–Trinajstić information content (AvgIpc) is 2.74. The van der Waals surface area contributed by atoms with Crippen molar-refractivity contribution in [1.82, 2.24) is 9.80 Å². The van der Waals surface area contributed by atoms with E-state index in [-0.39, 0.29) is 5.78 Å². The Kier molecular flexibility index (Phi) is 5.70. The molecule has 0 saturated carbocycles. The highest BCUT2D eigenvalue weighted by Crippen LogP contribution is 2.21. The molecule has 0 atom stereocenters. The maximum Gasteiger partial charge on any atom is 0.176 e. The Balaban J connectivity index is 1.36. The molecule has 1 aliphatic heterocycles. The lowest BCUT2D eigenvalue weighted by Crippen LogP contribution is -2.46. The van der Waals surface area contributed by atoms with Crippen LogP contribution in [-0.2, 0) is 6.61 Å². The highest BCUT2D eigenvalue weighted by molar-refractivity contribution is 5.97. The van der Waals surface area contributed by atoms with Crippen LogP contribution in [0.4, 0.5) is 0 Å². The molecule has 0 aromatic heterocycles. The lowest BCUT2D eigenvalue weighted by atomic mass is 10.1. The number of carbonyl (C=O) groups is 1. The first-order valence-electron chi connectivity index (χ1n) is 9.83. The number of fused-ring (bicyclic) bond motifs is 1. The van der Waals surface area contributed by atoms with Crippen molar-refractivity contribution in [3.63, 3.8) is 0 Å². The van der Waals surface area contributed by atoms with Gasteiger partial charge in [-0.15, -0.1) is 0 Å². The number of carbonyl (C=O) groups excluding carboxylic acids is 1. The maximum atomic E-state index is 12.5. The van der Waals surface area contributed by atoms with Gasteiger partial charge in [0.2, 0.25) is 0 Å². The third kappa shape index (κ3) is 4.41. The molecule has 0 aliphatic carbocycles. The molecule has 0 N–H and O–H groups in total. The van der Waals surface area contributed by atoms with Gasteiger partial charge in [-0.25, -0.2) is 0 Å². The summed E-state index contributed by atoms with van der Waals surface area (Å²) >= 11 is 0. The highest BCUT2D eigenvalue weighted by Gasteiger charge is 2.17. The number of hydrogen-bond acceptors (Lipinski definition) is 4. The minimum absolute atomic E-state index is 0.171. The van der Waals surface area contributed by atoms with Crippen LogP contribution in [-0.4, -0.2) is 55.4 Å². The van der Waals surface area contributed by atoms with Gasteiger partial charge in [-0.2, -0.15) is 0 Å². The summed E-state index contributed by atoms with van der Waals surface area (Å²) in [5, 5.41) is 2.43. The van der Waals surface area contributed by atoms with Crippen molar-refractivity contribution in [2.75, 3.05) is 39.8 Å². The smallest absolute Gasteiger partial charge is 0.176 e. The summed E-state index contributed by atoms with van der Waals surface area (Å²) in [5.74, 6) is 0.953. The van der Waals surface area contributed by atoms with Crippen LogP contribution in [0.5, 0.6) is 5.75 Å². The van der Waals surface area contributed by atoms with Gasteiger partial charge in [0.25, 0.3) is 0 Å². The van der Waals surface area contributed by atoms with Crippen LogP contribution in [0, 0.1) is 0 Å². The first kappa shape index (κ1) is 18.7. The number of nitrogens with zero attached hydrogens (tertiary/aromatic N) is 2. The van der Waals surface area contributed by atoms with Crippen molar-refractivity contribution in [3.05, 3.63) is 77.9 Å². The van der Waals surface area contributed by atoms with Crippen LogP contribution in [0.2, 0.25) is 0 Å². The first-order valence-corrected chi connectivity index (χ1v) is 9.83. The normalized spacial score (nSPS) is 15.6. The van der Waals surface area contributed by atoms with E-state index in [0.717, 1.165) is 43.1 Å². The van der Waals surface area contributed by atoms with Gasteiger partial charge in [0.05, 0.1) is 6.54 Å². The molecule has 0 radical (unpaired) electrons. The molecule has 28 heavy (non-hydrogen) atoms. The van der Waals surface area contributed by atoms with E-state index in [9.17, 15) is 4.79 Å². The fourth-order valence-corrected chi connectivity index (χ4v) is 3.62. The topological polar surface area (TPSA) is 32.8 Å². The molecule has 3 aromatic carbocycles. The fraction of sp³-hybridized carbons (Fsp3) is 0.292. The average molecular weight is 374 g/mol. The molecule has 0 spiro atoms. The zero-order valence-electron chi connectivity index (χ0n) is 16.3. The zero-order valence-corrected chi connectivity index (χ0v) is 16.3. The number of likely N-dealkylation sites (N-methyl/N-ethyl adjacent to an activating group) is 1. The lowest BCUT2D eigenvalue weighted by molar-refractivity contribution is 0.0876. The van der Waals surface area contributed by atoms with Crippen LogP contribution >= 0.6 is 0 Å². The molecule has 0 bridgehead atoms. The van der Waals surface area contributed by atoms with Gasteiger partial charge >= 0.3 is 0 Å². The predicted octanol–water partition coefficient (Wildman–Crippen LogP) is 3.85. The van der Waals surface area contributed by atoms with Crippen LogP contribution in [0.1, 0.15) is 15.9 Å². The van der Waals surface area contributed by atoms with Crippen LogP contribution in [0.15, 0.2) is 66.7 Å². The van der Waals surface area contributed by atoms with E-state index in [1.165, 1.54) is 10.8 Å². The molecule has 1 fully saturated rings. The zero-order chi connectivity index (χ0) is 19.3. The maximum absolute atomic E-state index is 12.5. The van der Waals surface area contributed by atoms with E-state index >= 15 is 0 Å². The molecule has 4 nitrogen and oxygen atoms in total. The molecule has 0 amide bonds. The summed E-state index contributed by atoms with van der Waals surface area (Å²) in [7, 11) is 2.12. The van der Waals surface area contributed by atoms with Crippen molar-refractivity contribution < 1.29 is 9.53 Å². The SMILES string of the molecule is CN1CCN(CC(=O)c2ccc(OCc3cccc4ccccc34)cc2)CC1. The quantitative estimate of drug-likeness (QED) is 0.614. The van der Waals surface area contributed by atoms with Gasteiger partial charge < -0.3 is 9.64 Å². The van der Waals surface area contributed by atoms with Crippen LogP contribution in [0.3, 0.4) is 0 Å². The lowest BCUT2D eigenvalue weighted by Gasteiger charge is -2.31. The highest BCUT2D eigenvalue weighted by atomic mass is 16.5. The molecule has 3 aromatic rings. The van der Waals surface area contributed by atoms with Crippen LogP contribution in [0.25, 0.3) is 10.8 Å². The summed E-state index contributed by atoms with van der Waals surface area (Å²) in [6.07, 6.45) is 0. The van der Waals surface area contributed by atoms with E-state index in [1.807, 2.05) is 36.4 Å². The van der Waals surface area contributed by atoms with E-state index < -0.39 is 0 Å². The number of benzene rings is 3. The van der Waals surface area contributed by atoms with Gasteiger partial charge in [0.1, 0.15) is 12.4 Å². The van der Waals surface area contributed by atoms with Gasteiger partial charge in [0.15, 0.2) is 5.78 Å². The summed E-state index contributed by atoms with van der Waals surface area (Å²) < 4.78 is 5.97. The fourth-order valence-electron chi connectivity index (χ4n) is 3.62. The number of ketones is 1. The molecule has 0 unspecified atom stereocenters. The molecule has 4 rings (SSSR count). The van der Waals surface area contributed by atoms with Gasteiger partial charge in [-0.3, -0.25) is 9.69 Å². The van der Waals surface area contributed by atoms with Crippen molar-refractivity contribution in [1.29, 1.82) is 0 Å². The summed E-state index contributed by atoms with van der Waals surface area (Å²) in [6, 6.07) is 22.1. The summed E-state index contributed by atoms with van der Waals surface area (Å²) in [4.78, 5) is 17.1. The molecular weight excluding hydrogens is 348 g/mol. The standard InChI is InChI=1S/C24H26N2O2/c1-25-13-15-26(16-14-25)17-24(27)20-9-11-22(12-10-20)28-18-21-7-4-6-19-5-2-3-8-23(19)21/h2-12H,13-18H2,1H3. The summed E-state index contributed by atoms with van der Waals surface area (Å²) in [5.41, 5.74) is 1.91. The number of ether oxygens (including phenoxy) is 1. The number of Topliss-reactive ketones (excluding diaryl/α,β-unsaturated/α-hetero) is 1. The van der Waals surface area contributed by atoms with Crippen molar-refractivity contribution in [2.24, 2.45) is 0 Å². The van der Waals surface area contributed by atoms with Gasteiger partial charge in [-0.05, 0) is 47.6 Å². The van der Waals surface area contributed by atoms with Crippen molar-refractivity contribution in [2.45, 2.75) is 6.61 Å². The van der Waals surface area contributed by atoms with E-state index in [1.54, 1.807) is 0 Å². The second-order valence-corrected chi connectivity index (χ2v) is 7.45. The van der Waals surface area contributed by atoms with E-state index in [4.69, 9.17) is 4.74 Å². The van der Waals surface area contributed by atoms with Gasteiger partial charge in [0, 0.05) is 31.7 Å². The van der Waals surface area contributed by atoms with Gasteiger partial charge in [-0.1, -0.05) is 42.5 Å². The molecule has 1 heterocycles. The Morgan fingerprint density at radius 1 is 0.893 bits per heavy atom. The van der Waals surface area contributed by atoms with Crippen molar-refractivity contribution >= 4 is 16.6 Å². The molecule has 1 saturated heterocycles.